The van der Waals surface area contributed by atoms with Gasteiger partial charge in [-0.15, -0.1) is 11.3 Å². The molecule has 0 unspecified atom stereocenters. The molecule has 0 bridgehead atoms. The third kappa shape index (κ3) is 2.16. The first kappa shape index (κ1) is 10.1. The average Bonchev–Trinajstić information content (AvgIpc) is 2.75. The third-order valence-corrected chi connectivity index (χ3v) is 3.34. The second kappa shape index (κ2) is 4.00. The van der Waals surface area contributed by atoms with E-state index in [-0.39, 0.29) is 5.69 Å². The lowest BCUT2D eigenvalue weighted by Crippen LogP contribution is -1.98. The Bertz CT molecular complexity index is 476. The molecule has 0 radical (unpaired) electrons. The highest BCUT2D eigenvalue weighted by Gasteiger charge is 2.13. The summed E-state index contributed by atoms with van der Waals surface area (Å²) in [5.74, 6) is -0.984. The summed E-state index contributed by atoms with van der Waals surface area (Å²) in [5, 5.41) is 16.4. The van der Waals surface area contributed by atoms with Crippen LogP contribution in [0.5, 0.6) is 0 Å². The fourth-order valence-corrected chi connectivity index (χ4v) is 2.52. The summed E-state index contributed by atoms with van der Waals surface area (Å²) in [6.07, 6.45) is 0. The number of hydrogen-bond donors (Lipinski definition) is 2. The van der Waals surface area contributed by atoms with Crippen LogP contribution in [0.3, 0.4) is 0 Å². The number of nitrogens with one attached hydrogen (secondary N) is 1. The molecular formula is C9H8N2O2S2. The first-order valence-corrected chi connectivity index (χ1v) is 5.92. The number of carboxylic acid groups (broad SMARTS) is 1. The summed E-state index contributed by atoms with van der Waals surface area (Å²) in [7, 11) is 0. The number of rotatable bonds is 3. The van der Waals surface area contributed by atoms with Crippen molar-refractivity contribution in [1.82, 2.24) is 4.98 Å². The van der Waals surface area contributed by atoms with E-state index in [0.717, 1.165) is 5.69 Å². The number of thiophene rings is 1. The van der Waals surface area contributed by atoms with E-state index >= 15 is 0 Å². The fourth-order valence-electron chi connectivity index (χ4n) is 1.11. The zero-order valence-corrected chi connectivity index (χ0v) is 9.48. The van der Waals surface area contributed by atoms with Crippen molar-refractivity contribution in [2.75, 3.05) is 5.32 Å². The van der Waals surface area contributed by atoms with Crippen LogP contribution in [0.4, 0.5) is 10.8 Å². The summed E-state index contributed by atoms with van der Waals surface area (Å²) < 4.78 is 0. The Balaban J connectivity index is 2.23. The van der Waals surface area contributed by atoms with Gasteiger partial charge >= 0.3 is 5.97 Å². The minimum absolute atomic E-state index is 0.123. The van der Waals surface area contributed by atoms with Crippen LogP contribution in [0, 0.1) is 6.92 Å². The lowest BCUT2D eigenvalue weighted by atomic mass is 10.4. The van der Waals surface area contributed by atoms with Crippen LogP contribution in [0.15, 0.2) is 16.8 Å². The number of carbonyl (C=O) groups is 1. The van der Waals surface area contributed by atoms with Gasteiger partial charge < -0.3 is 10.4 Å². The molecule has 0 fully saturated rings. The van der Waals surface area contributed by atoms with Crippen molar-refractivity contribution in [2.24, 2.45) is 0 Å². The van der Waals surface area contributed by atoms with E-state index in [0.29, 0.717) is 10.0 Å². The molecule has 0 aliphatic carbocycles. The Morgan fingerprint density at radius 1 is 1.60 bits per heavy atom. The maximum Gasteiger partial charge on any atom is 0.355 e. The predicted molar refractivity (Wildman–Crippen MR) is 61.4 cm³/mol. The number of hydrogen-bond acceptors (Lipinski definition) is 5. The summed E-state index contributed by atoms with van der Waals surface area (Å²) in [6.45, 7) is 1.75. The van der Waals surface area contributed by atoms with Crippen LogP contribution in [-0.4, -0.2) is 16.1 Å². The predicted octanol–water partition coefficient (Wildman–Crippen LogP) is 2.95. The second-order valence-corrected chi connectivity index (χ2v) is 4.85. The molecule has 15 heavy (non-hydrogen) atoms. The summed E-state index contributed by atoms with van der Waals surface area (Å²) in [6, 6.07) is 1.92. The van der Waals surface area contributed by atoms with E-state index in [1.807, 2.05) is 16.8 Å². The molecular weight excluding hydrogens is 232 g/mol. The number of thiazole rings is 1. The Labute approximate surface area is 94.2 Å². The van der Waals surface area contributed by atoms with Gasteiger partial charge in [0.1, 0.15) is 0 Å². The molecule has 2 rings (SSSR count). The van der Waals surface area contributed by atoms with Crippen LogP contribution >= 0.6 is 22.7 Å². The largest absolute Gasteiger partial charge is 0.476 e. The Kier molecular flexibility index (Phi) is 2.70. The topological polar surface area (TPSA) is 62.2 Å². The molecule has 2 N–H and O–H groups in total. The second-order valence-electron chi connectivity index (χ2n) is 2.87. The highest BCUT2D eigenvalue weighted by Crippen LogP contribution is 2.26. The Morgan fingerprint density at radius 3 is 2.93 bits per heavy atom. The molecule has 0 saturated heterocycles. The highest BCUT2D eigenvalue weighted by molar-refractivity contribution is 7.16. The van der Waals surface area contributed by atoms with Gasteiger partial charge in [0.05, 0.1) is 5.69 Å². The quantitative estimate of drug-likeness (QED) is 0.865. The summed E-state index contributed by atoms with van der Waals surface area (Å²) in [4.78, 5) is 15.5. The van der Waals surface area contributed by atoms with Crippen molar-refractivity contribution < 1.29 is 9.90 Å². The zero-order chi connectivity index (χ0) is 10.8. The van der Waals surface area contributed by atoms with Crippen LogP contribution in [-0.2, 0) is 0 Å². The Hall–Kier alpha value is -1.40. The Morgan fingerprint density at radius 2 is 2.40 bits per heavy atom. The van der Waals surface area contributed by atoms with Crippen LogP contribution in [0.1, 0.15) is 15.4 Å². The van der Waals surface area contributed by atoms with Gasteiger partial charge in [-0.1, -0.05) is 0 Å². The zero-order valence-electron chi connectivity index (χ0n) is 7.85. The number of aromatic nitrogens is 1. The minimum Gasteiger partial charge on any atom is -0.476 e. The van der Waals surface area contributed by atoms with E-state index in [4.69, 9.17) is 5.11 Å². The molecule has 0 atom stereocenters. The molecule has 0 aliphatic heterocycles. The van der Waals surface area contributed by atoms with Crippen molar-refractivity contribution in [2.45, 2.75) is 6.92 Å². The van der Waals surface area contributed by atoms with Crippen molar-refractivity contribution >= 4 is 39.5 Å². The normalized spacial score (nSPS) is 10.2. The minimum atomic E-state index is -0.984. The average molecular weight is 240 g/mol. The van der Waals surface area contributed by atoms with Gasteiger partial charge in [0.15, 0.2) is 10.8 Å². The number of aryl methyl sites for hydroxylation is 1. The highest BCUT2D eigenvalue weighted by atomic mass is 32.1. The fraction of sp³-hybridized carbons (Fsp3) is 0.111. The summed E-state index contributed by atoms with van der Waals surface area (Å²) in [5.41, 5.74) is 1.06. The van der Waals surface area contributed by atoms with E-state index in [1.165, 1.54) is 11.3 Å². The van der Waals surface area contributed by atoms with E-state index in [1.54, 1.807) is 18.3 Å². The van der Waals surface area contributed by atoms with Crippen molar-refractivity contribution in [3.63, 3.8) is 0 Å². The smallest absolute Gasteiger partial charge is 0.355 e. The molecule has 0 aromatic carbocycles. The van der Waals surface area contributed by atoms with Gasteiger partial charge in [-0.25, -0.2) is 9.78 Å². The van der Waals surface area contributed by atoms with Crippen molar-refractivity contribution in [1.29, 1.82) is 0 Å². The van der Waals surface area contributed by atoms with Crippen molar-refractivity contribution in [3.05, 3.63) is 27.4 Å². The first-order valence-electron chi connectivity index (χ1n) is 4.17. The van der Waals surface area contributed by atoms with Crippen LogP contribution < -0.4 is 5.32 Å². The molecule has 0 spiro atoms. The van der Waals surface area contributed by atoms with Gasteiger partial charge in [-0.2, -0.15) is 11.3 Å². The lowest BCUT2D eigenvalue weighted by molar-refractivity contribution is 0.0690. The lowest BCUT2D eigenvalue weighted by Gasteiger charge is -1.95. The molecule has 0 amide bonds. The standard InChI is InChI=1S/C9H8N2O2S2/c1-5-7(8(12)13)11-9(15-5)10-6-2-3-14-4-6/h2-4H,1H3,(H,10,11)(H,12,13). The molecule has 0 saturated carbocycles. The summed E-state index contributed by atoms with van der Waals surface area (Å²) >= 11 is 2.92. The van der Waals surface area contributed by atoms with Gasteiger partial charge in [0, 0.05) is 10.3 Å². The molecule has 0 aliphatic rings. The first-order chi connectivity index (χ1) is 7.16. The van der Waals surface area contributed by atoms with E-state index < -0.39 is 5.97 Å². The number of aromatic carboxylic acids is 1. The monoisotopic (exact) mass is 240 g/mol. The number of nitrogens with zero attached hydrogens (tertiary/aromatic N) is 1. The van der Waals surface area contributed by atoms with Gasteiger partial charge in [-0.05, 0) is 18.4 Å². The maximum atomic E-state index is 10.8. The van der Waals surface area contributed by atoms with Gasteiger partial charge in [-0.3, -0.25) is 0 Å². The SMILES string of the molecule is Cc1sc(Nc2ccsc2)nc1C(=O)O. The molecule has 2 aromatic rings. The molecule has 4 nitrogen and oxygen atoms in total. The van der Waals surface area contributed by atoms with Crippen molar-refractivity contribution in [3.8, 4) is 0 Å². The van der Waals surface area contributed by atoms with Gasteiger partial charge in [0.25, 0.3) is 0 Å². The maximum absolute atomic E-state index is 10.8. The van der Waals surface area contributed by atoms with Gasteiger partial charge in [0.2, 0.25) is 0 Å². The molecule has 2 aromatic heterocycles. The van der Waals surface area contributed by atoms with Crippen LogP contribution in [0.2, 0.25) is 0 Å². The molecule has 78 valence electrons. The van der Waals surface area contributed by atoms with Crippen LogP contribution in [0.25, 0.3) is 0 Å². The number of carboxylic acids is 1. The number of anilines is 2. The molecule has 6 heteroatoms. The van der Waals surface area contributed by atoms with E-state index in [9.17, 15) is 4.79 Å². The third-order valence-electron chi connectivity index (χ3n) is 1.77. The molecule has 2 heterocycles. The van der Waals surface area contributed by atoms with E-state index in [2.05, 4.69) is 10.3 Å².